The first-order chi connectivity index (χ1) is 11.2. The van der Waals surface area contributed by atoms with Crippen molar-refractivity contribution >= 4 is 53.0 Å². The van der Waals surface area contributed by atoms with Crippen LogP contribution in [0.3, 0.4) is 0 Å². The van der Waals surface area contributed by atoms with Crippen LogP contribution < -0.4 is 10.6 Å². The molecule has 0 saturated carbocycles. The second-order valence-corrected chi connectivity index (χ2v) is 8.52. The van der Waals surface area contributed by atoms with E-state index in [1.54, 1.807) is 11.3 Å². The van der Waals surface area contributed by atoms with E-state index in [-0.39, 0.29) is 34.8 Å². The summed E-state index contributed by atoms with van der Waals surface area (Å²) >= 11 is 3.81. The molecule has 0 spiro atoms. The van der Waals surface area contributed by atoms with Crippen LogP contribution in [0.15, 0.2) is 22.5 Å². The number of thiophene rings is 1. The summed E-state index contributed by atoms with van der Waals surface area (Å²) in [6, 6.07) is 4.54. The molecule has 4 nitrogen and oxygen atoms in total. The van der Waals surface area contributed by atoms with Gasteiger partial charge in [0, 0.05) is 29.4 Å². The van der Waals surface area contributed by atoms with Gasteiger partial charge in [0.15, 0.2) is 5.96 Å². The molecule has 138 valence electrons. The molecule has 0 bridgehead atoms. The zero-order chi connectivity index (χ0) is 16.5. The third-order valence-corrected chi connectivity index (χ3v) is 6.54. The van der Waals surface area contributed by atoms with Crippen molar-refractivity contribution in [3.63, 3.8) is 0 Å². The van der Waals surface area contributed by atoms with Crippen LogP contribution in [0.5, 0.6) is 0 Å². The highest BCUT2D eigenvalue weighted by Crippen LogP contribution is 2.35. The zero-order valence-electron chi connectivity index (χ0n) is 14.8. The number of halogens is 1. The molecule has 0 amide bonds. The topological polar surface area (TPSA) is 45.7 Å². The van der Waals surface area contributed by atoms with Crippen LogP contribution in [0.1, 0.15) is 44.5 Å². The molecule has 7 heteroatoms. The second kappa shape index (κ2) is 11.6. The maximum absolute atomic E-state index is 5.55. The van der Waals surface area contributed by atoms with Crippen molar-refractivity contribution in [2.45, 2.75) is 44.4 Å². The molecule has 1 saturated heterocycles. The minimum Gasteiger partial charge on any atom is -0.381 e. The summed E-state index contributed by atoms with van der Waals surface area (Å²) in [4.78, 5) is 6.23. The molecule has 1 aromatic rings. The molecule has 2 rings (SSSR count). The van der Waals surface area contributed by atoms with Crippen LogP contribution in [0, 0.1) is 0 Å². The summed E-state index contributed by atoms with van der Waals surface area (Å²) in [6.45, 7) is 9.97. The van der Waals surface area contributed by atoms with Crippen molar-refractivity contribution < 1.29 is 4.74 Å². The average Bonchev–Trinajstić information content (AvgIpc) is 3.09. The number of aliphatic imine (C=N–C) groups is 1. The molecular formula is C17H30IN3OS2. The van der Waals surface area contributed by atoms with Crippen LogP contribution in [0.4, 0.5) is 0 Å². The SMILES string of the molecule is CCNC(=NCC1(SCC)CCOCC1)NC(C)c1cccs1.I. The summed E-state index contributed by atoms with van der Waals surface area (Å²) in [5.41, 5.74) is 0. The number of thioether (sulfide) groups is 1. The molecule has 1 aliphatic rings. The smallest absolute Gasteiger partial charge is 0.191 e. The highest BCUT2D eigenvalue weighted by Gasteiger charge is 2.32. The predicted octanol–water partition coefficient (Wildman–Crippen LogP) is 4.28. The predicted molar refractivity (Wildman–Crippen MR) is 118 cm³/mol. The fourth-order valence-electron chi connectivity index (χ4n) is 2.75. The lowest BCUT2D eigenvalue weighted by Gasteiger charge is -2.35. The normalized spacial score (nSPS) is 18.5. The highest BCUT2D eigenvalue weighted by atomic mass is 127. The molecule has 0 radical (unpaired) electrons. The zero-order valence-corrected chi connectivity index (χ0v) is 18.8. The second-order valence-electron chi connectivity index (χ2n) is 5.81. The van der Waals surface area contributed by atoms with E-state index in [0.717, 1.165) is 50.9 Å². The Kier molecular flexibility index (Phi) is 10.7. The Morgan fingerprint density at radius 2 is 2.17 bits per heavy atom. The van der Waals surface area contributed by atoms with Crippen LogP contribution in [0.2, 0.25) is 0 Å². The number of ether oxygens (including phenoxy) is 1. The average molecular weight is 483 g/mol. The number of nitrogens with zero attached hydrogens (tertiary/aromatic N) is 1. The molecule has 2 heterocycles. The molecule has 24 heavy (non-hydrogen) atoms. The van der Waals surface area contributed by atoms with Gasteiger partial charge >= 0.3 is 0 Å². The Hall–Kier alpha value is 0.01000. The molecule has 0 aliphatic carbocycles. The lowest BCUT2D eigenvalue weighted by molar-refractivity contribution is 0.0793. The molecular weight excluding hydrogens is 453 g/mol. The van der Waals surface area contributed by atoms with Crippen molar-refractivity contribution in [1.29, 1.82) is 0 Å². The third kappa shape index (κ3) is 6.72. The summed E-state index contributed by atoms with van der Waals surface area (Å²) in [5, 5.41) is 9.02. The lowest BCUT2D eigenvalue weighted by atomic mass is 9.99. The Morgan fingerprint density at radius 3 is 2.75 bits per heavy atom. The first-order valence-electron chi connectivity index (χ1n) is 8.49. The minimum atomic E-state index is 0. The monoisotopic (exact) mass is 483 g/mol. The van der Waals surface area contributed by atoms with Crippen molar-refractivity contribution in [3.8, 4) is 0 Å². The van der Waals surface area contributed by atoms with E-state index < -0.39 is 0 Å². The van der Waals surface area contributed by atoms with Crippen molar-refractivity contribution in [1.82, 2.24) is 10.6 Å². The third-order valence-electron chi connectivity index (χ3n) is 4.05. The fourth-order valence-corrected chi connectivity index (χ4v) is 4.71. The van der Waals surface area contributed by atoms with Crippen LogP contribution in [-0.4, -0.2) is 42.8 Å². The van der Waals surface area contributed by atoms with E-state index in [2.05, 4.69) is 48.9 Å². The lowest BCUT2D eigenvalue weighted by Crippen LogP contribution is -2.41. The van der Waals surface area contributed by atoms with Crippen LogP contribution in [0.25, 0.3) is 0 Å². The van der Waals surface area contributed by atoms with Crippen LogP contribution >= 0.6 is 47.1 Å². The summed E-state index contributed by atoms with van der Waals surface area (Å²) in [7, 11) is 0. The largest absolute Gasteiger partial charge is 0.381 e. The van der Waals surface area contributed by atoms with E-state index in [9.17, 15) is 0 Å². The van der Waals surface area contributed by atoms with Gasteiger partial charge < -0.3 is 15.4 Å². The summed E-state index contributed by atoms with van der Waals surface area (Å²) in [5.74, 6) is 2.04. The Morgan fingerprint density at radius 1 is 1.42 bits per heavy atom. The summed E-state index contributed by atoms with van der Waals surface area (Å²) in [6.07, 6.45) is 2.18. The Bertz CT molecular complexity index is 471. The number of guanidine groups is 1. The molecule has 1 aliphatic heterocycles. The van der Waals surface area contributed by atoms with Crippen molar-refractivity contribution in [2.75, 3.05) is 32.1 Å². The molecule has 1 unspecified atom stereocenters. The van der Waals surface area contributed by atoms with E-state index >= 15 is 0 Å². The molecule has 0 aromatic carbocycles. The maximum atomic E-state index is 5.55. The van der Waals surface area contributed by atoms with Crippen molar-refractivity contribution in [3.05, 3.63) is 22.4 Å². The standard InChI is InChI=1S/C17H29N3OS2.HI/c1-4-18-16(20-14(3)15-7-6-12-22-15)19-13-17(23-5-2)8-10-21-11-9-17;/h6-7,12,14H,4-5,8-11,13H2,1-3H3,(H2,18,19,20);1H. The van der Waals surface area contributed by atoms with E-state index in [0.29, 0.717) is 0 Å². The van der Waals surface area contributed by atoms with Gasteiger partial charge in [-0.2, -0.15) is 11.8 Å². The van der Waals surface area contributed by atoms with Gasteiger partial charge in [0.2, 0.25) is 0 Å². The molecule has 2 N–H and O–H groups in total. The van der Waals surface area contributed by atoms with Gasteiger partial charge in [-0.25, -0.2) is 0 Å². The number of rotatable bonds is 7. The van der Waals surface area contributed by atoms with E-state index in [1.165, 1.54) is 4.88 Å². The highest BCUT2D eigenvalue weighted by molar-refractivity contribution is 14.0. The Labute approximate surface area is 171 Å². The maximum Gasteiger partial charge on any atom is 0.191 e. The van der Waals surface area contributed by atoms with Crippen LogP contribution in [-0.2, 0) is 4.74 Å². The Balaban J connectivity index is 0.00000288. The van der Waals surface area contributed by atoms with Gasteiger partial charge in [-0.05, 0) is 43.9 Å². The van der Waals surface area contributed by atoms with Gasteiger partial charge in [0.1, 0.15) is 0 Å². The van der Waals surface area contributed by atoms with E-state index in [4.69, 9.17) is 9.73 Å². The van der Waals surface area contributed by atoms with Gasteiger partial charge in [0.05, 0.1) is 12.6 Å². The molecule has 1 aromatic heterocycles. The minimum absolute atomic E-state index is 0. The summed E-state index contributed by atoms with van der Waals surface area (Å²) < 4.78 is 5.78. The number of hydrogen-bond acceptors (Lipinski definition) is 4. The quantitative estimate of drug-likeness (QED) is 0.345. The molecule has 1 atom stereocenters. The molecule has 1 fully saturated rings. The van der Waals surface area contributed by atoms with Crippen molar-refractivity contribution in [2.24, 2.45) is 4.99 Å². The first kappa shape index (κ1) is 22.1. The van der Waals surface area contributed by atoms with Gasteiger partial charge in [-0.3, -0.25) is 4.99 Å². The van der Waals surface area contributed by atoms with E-state index in [1.807, 2.05) is 11.8 Å². The van der Waals surface area contributed by atoms with Gasteiger partial charge in [-0.1, -0.05) is 13.0 Å². The number of nitrogens with one attached hydrogen (secondary N) is 2. The first-order valence-corrected chi connectivity index (χ1v) is 10.4. The van der Waals surface area contributed by atoms with Gasteiger partial charge in [0.25, 0.3) is 0 Å². The fraction of sp³-hybridized carbons (Fsp3) is 0.706. The number of hydrogen-bond donors (Lipinski definition) is 2. The van der Waals surface area contributed by atoms with Gasteiger partial charge in [-0.15, -0.1) is 35.3 Å².